The Labute approximate surface area is 112 Å². The zero-order chi connectivity index (χ0) is 13.2. The third-order valence-corrected chi connectivity index (χ3v) is 3.81. The first-order valence-corrected chi connectivity index (χ1v) is 6.84. The maximum absolute atomic E-state index is 12.2. The molecule has 1 aromatic carbocycles. The normalized spacial score (nSPS) is 16.7. The van der Waals surface area contributed by atoms with Gasteiger partial charge in [-0.15, -0.1) is 5.10 Å². The molecule has 1 N–H and O–H groups in total. The number of benzene rings is 1. The van der Waals surface area contributed by atoms with Crippen molar-refractivity contribution in [1.29, 1.82) is 0 Å². The summed E-state index contributed by atoms with van der Waals surface area (Å²) in [4.78, 5) is 12.2. The SMILES string of the molecule is Cn1nnc2ccc(C(=O)NC3CCCCC3)cc21. The van der Waals surface area contributed by atoms with E-state index in [2.05, 4.69) is 15.6 Å². The molecule has 0 unspecified atom stereocenters. The van der Waals surface area contributed by atoms with Crippen molar-refractivity contribution in [1.82, 2.24) is 20.3 Å². The van der Waals surface area contributed by atoms with E-state index in [1.165, 1.54) is 19.3 Å². The fraction of sp³-hybridized carbons (Fsp3) is 0.500. The molecule has 5 heteroatoms. The first kappa shape index (κ1) is 12.1. The molecule has 0 bridgehead atoms. The highest BCUT2D eigenvalue weighted by atomic mass is 16.1. The molecule has 19 heavy (non-hydrogen) atoms. The van der Waals surface area contributed by atoms with Crippen LogP contribution in [0.4, 0.5) is 0 Å². The molecule has 0 atom stereocenters. The lowest BCUT2D eigenvalue weighted by atomic mass is 9.95. The van der Waals surface area contributed by atoms with E-state index in [0.717, 1.165) is 23.9 Å². The van der Waals surface area contributed by atoms with Crippen LogP contribution in [-0.4, -0.2) is 26.9 Å². The molecule has 1 saturated carbocycles. The second kappa shape index (κ2) is 4.99. The number of hydrogen-bond donors (Lipinski definition) is 1. The fourth-order valence-electron chi connectivity index (χ4n) is 2.69. The predicted molar refractivity (Wildman–Crippen MR) is 72.8 cm³/mol. The van der Waals surface area contributed by atoms with E-state index in [9.17, 15) is 4.79 Å². The predicted octanol–water partition coefficient (Wildman–Crippen LogP) is 2.03. The topological polar surface area (TPSA) is 59.8 Å². The van der Waals surface area contributed by atoms with Crippen molar-refractivity contribution in [3.8, 4) is 0 Å². The first-order chi connectivity index (χ1) is 9.24. The number of hydrogen-bond acceptors (Lipinski definition) is 3. The van der Waals surface area contributed by atoms with Crippen LogP contribution in [0.2, 0.25) is 0 Å². The molecule has 0 saturated heterocycles. The third-order valence-electron chi connectivity index (χ3n) is 3.81. The summed E-state index contributed by atoms with van der Waals surface area (Å²) in [5, 5.41) is 11.1. The number of aromatic nitrogens is 3. The summed E-state index contributed by atoms with van der Waals surface area (Å²) >= 11 is 0. The van der Waals surface area contributed by atoms with Gasteiger partial charge in [-0.2, -0.15) is 0 Å². The summed E-state index contributed by atoms with van der Waals surface area (Å²) in [5.74, 6) is 0.00926. The number of nitrogens with zero attached hydrogens (tertiary/aromatic N) is 3. The molecule has 1 aliphatic rings. The van der Waals surface area contributed by atoms with Crippen LogP contribution >= 0.6 is 0 Å². The van der Waals surface area contributed by atoms with Crippen LogP contribution in [0.15, 0.2) is 18.2 Å². The molecule has 2 aromatic rings. The molecule has 1 aromatic heterocycles. The number of fused-ring (bicyclic) bond motifs is 1. The van der Waals surface area contributed by atoms with Crippen molar-refractivity contribution in [2.24, 2.45) is 7.05 Å². The van der Waals surface area contributed by atoms with Gasteiger partial charge in [-0.3, -0.25) is 4.79 Å². The molecule has 5 nitrogen and oxygen atoms in total. The highest BCUT2D eigenvalue weighted by molar-refractivity contribution is 5.97. The van der Waals surface area contributed by atoms with E-state index in [4.69, 9.17) is 0 Å². The minimum absolute atomic E-state index is 0.00926. The molecule has 3 rings (SSSR count). The van der Waals surface area contributed by atoms with Gasteiger partial charge in [0.25, 0.3) is 5.91 Å². The highest BCUT2D eigenvalue weighted by Crippen LogP contribution is 2.18. The average Bonchev–Trinajstić information content (AvgIpc) is 2.81. The van der Waals surface area contributed by atoms with Crippen LogP contribution in [0.5, 0.6) is 0 Å². The molecule has 100 valence electrons. The molecule has 1 fully saturated rings. The summed E-state index contributed by atoms with van der Waals surface area (Å²) in [7, 11) is 1.83. The van der Waals surface area contributed by atoms with E-state index >= 15 is 0 Å². The third kappa shape index (κ3) is 2.45. The van der Waals surface area contributed by atoms with E-state index in [0.29, 0.717) is 11.6 Å². The molecule has 0 aliphatic heterocycles. The lowest BCUT2D eigenvalue weighted by Crippen LogP contribution is -2.36. The summed E-state index contributed by atoms with van der Waals surface area (Å²) in [6.45, 7) is 0. The van der Waals surface area contributed by atoms with Crippen molar-refractivity contribution in [3.05, 3.63) is 23.8 Å². The minimum Gasteiger partial charge on any atom is -0.349 e. The van der Waals surface area contributed by atoms with Crippen LogP contribution < -0.4 is 5.32 Å². The van der Waals surface area contributed by atoms with Gasteiger partial charge in [0.05, 0.1) is 5.52 Å². The zero-order valence-corrected chi connectivity index (χ0v) is 11.1. The molecular formula is C14H18N4O. The Bertz CT molecular complexity index is 599. The first-order valence-electron chi connectivity index (χ1n) is 6.84. The van der Waals surface area contributed by atoms with Gasteiger partial charge >= 0.3 is 0 Å². The number of carbonyl (C=O) groups is 1. The van der Waals surface area contributed by atoms with Crippen LogP contribution in [0.1, 0.15) is 42.5 Å². The van der Waals surface area contributed by atoms with Gasteiger partial charge in [0.15, 0.2) is 0 Å². The second-order valence-corrected chi connectivity index (χ2v) is 5.22. The Balaban J connectivity index is 1.78. The number of nitrogens with one attached hydrogen (secondary N) is 1. The summed E-state index contributed by atoms with van der Waals surface area (Å²) in [6.07, 6.45) is 5.92. The van der Waals surface area contributed by atoms with Crippen molar-refractivity contribution in [2.75, 3.05) is 0 Å². The molecule has 1 aliphatic carbocycles. The van der Waals surface area contributed by atoms with E-state index in [1.807, 2.05) is 25.2 Å². The monoisotopic (exact) mass is 258 g/mol. The molecule has 1 amide bonds. The van der Waals surface area contributed by atoms with Gasteiger partial charge in [0.1, 0.15) is 5.52 Å². The number of aryl methyl sites for hydroxylation is 1. The minimum atomic E-state index is 0.00926. The van der Waals surface area contributed by atoms with Crippen LogP contribution in [-0.2, 0) is 7.05 Å². The van der Waals surface area contributed by atoms with Crippen LogP contribution in [0.25, 0.3) is 11.0 Å². The Morgan fingerprint density at radius 2 is 2.11 bits per heavy atom. The largest absolute Gasteiger partial charge is 0.349 e. The van der Waals surface area contributed by atoms with Crippen molar-refractivity contribution in [3.63, 3.8) is 0 Å². The van der Waals surface area contributed by atoms with Crippen molar-refractivity contribution < 1.29 is 4.79 Å². The lowest BCUT2D eigenvalue weighted by Gasteiger charge is -2.22. The van der Waals surface area contributed by atoms with Gasteiger partial charge in [0, 0.05) is 18.7 Å². The Hall–Kier alpha value is -1.91. The highest BCUT2D eigenvalue weighted by Gasteiger charge is 2.17. The molecular weight excluding hydrogens is 240 g/mol. The summed E-state index contributed by atoms with van der Waals surface area (Å²) < 4.78 is 1.69. The van der Waals surface area contributed by atoms with Crippen molar-refractivity contribution >= 4 is 16.9 Å². The van der Waals surface area contributed by atoms with Crippen molar-refractivity contribution in [2.45, 2.75) is 38.1 Å². The standard InChI is InChI=1S/C14H18N4O/c1-18-13-9-10(7-8-12(13)16-17-18)14(19)15-11-5-3-2-4-6-11/h7-9,11H,2-6H2,1H3,(H,15,19). The van der Waals surface area contributed by atoms with E-state index < -0.39 is 0 Å². The Morgan fingerprint density at radius 3 is 2.89 bits per heavy atom. The summed E-state index contributed by atoms with van der Waals surface area (Å²) in [5.41, 5.74) is 2.39. The quantitative estimate of drug-likeness (QED) is 0.896. The van der Waals surface area contributed by atoms with E-state index in [-0.39, 0.29) is 5.91 Å². The smallest absolute Gasteiger partial charge is 0.251 e. The lowest BCUT2D eigenvalue weighted by molar-refractivity contribution is 0.0928. The zero-order valence-electron chi connectivity index (χ0n) is 11.1. The molecule has 0 radical (unpaired) electrons. The maximum Gasteiger partial charge on any atom is 0.251 e. The van der Waals surface area contributed by atoms with E-state index in [1.54, 1.807) is 4.68 Å². The van der Waals surface area contributed by atoms with Gasteiger partial charge in [0.2, 0.25) is 0 Å². The number of carbonyl (C=O) groups excluding carboxylic acids is 1. The average molecular weight is 258 g/mol. The molecule has 1 heterocycles. The molecule has 0 spiro atoms. The number of rotatable bonds is 2. The Morgan fingerprint density at radius 1 is 1.32 bits per heavy atom. The van der Waals surface area contributed by atoms with Crippen LogP contribution in [0, 0.1) is 0 Å². The summed E-state index contributed by atoms with van der Waals surface area (Å²) in [6, 6.07) is 5.85. The second-order valence-electron chi connectivity index (χ2n) is 5.22. The maximum atomic E-state index is 12.2. The van der Waals surface area contributed by atoms with Crippen LogP contribution in [0.3, 0.4) is 0 Å². The number of amides is 1. The van der Waals surface area contributed by atoms with Gasteiger partial charge in [-0.25, -0.2) is 4.68 Å². The van der Waals surface area contributed by atoms with Gasteiger partial charge in [-0.1, -0.05) is 24.5 Å². The van der Waals surface area contributed by atoms with Gasteiger partial charge < -0.3 is 5.32 Å². The Kier molecular flexibility index (Phi) is 3.19. The fourth-order valence-corrected chi connectivity index (χ4v) is 2.69. The van der Waals surface area contributed by atoms with Gasteiger partial charge in [-0.05, 0) is 31.0 Å².